The van der Waals surface area contributed by atoms with Crippen molar-refractivity contribution < 1.29 is 9.50 Å². The van der Waals surface area contributed by atoms with Crippen LogP contribution in [0, 0.1) is 5.82 Å². The predicted molar refractivity (Wildman–Crippen MR) is 56.4 cm³/mol. The number of halogens is 2. The lowest BCUT2D eigenvalue weighted by atomic mass is 10.0. The van der Waals surface area contributed by atoms with Crippen LogP contribution < -0.4 is 11.5 Å². The molecule has 0 saturated heterocycles. The van der Waals surface area contributed by atoms with Crippen LogP contribution in [-0.2, 0) is 0 Å². The van der Waals surface area contributed by atoms with Gasteiger partial charge in [0, 0.05) is 16.1 Å². The maximum Gasteiger partial charge on any atom is 0.166 e. The third kappa shape index (κ3) is 2.43. The Morgan fingerprint density at radius 1 is 1.50 bits per heavy atom. The lowest BCUT2D eigenvalue weighted by Gasteiger charge is -2.13. The van der Waals surface area contributed by atoms with Crippen molar-refractivity contribution in [2.75, 3.05) is 6.54 Å². The van der Waals surface area contributed by atoms with Crippen LogP contribution in [0.5, 0.6) is 5.75 Å². The summed E-state index contributed by atoms with van der Waals surface area (Å²) < 4.78 is 13.6. The molecule has 1 rings (SSSR count). The zero-order chi connectivity index (χ0) is 10.7. The van der Waals surface area contributed by atoms with Gasteiger partial charge in [0.2, 0.25) is 0 Å². The molecule has 0 aliphatic heterocycles. The summed E-state index contributed by atoms with van der Waals surface area (Å²) >= 11 is 3.13. The fourth-order valence-electron chi connectivity index (χ4n) is 1.20. The van der Waals surface area contributed by atoms with Crippen molar-refractivity contribution in [2.24, 2.45) is 11.5 Å². The first-order valence-electron chi connectivity index (χ1n) is 4.19. The molecule has 0 radical (unpaired) electrons. The number of hydrogen-bond donors (Lipinski definition) is 3. The van der Waals surface area contributed by atoms with E-state index in [4.69, 9.17) is 11.5 Å². The molecule has 1 aromatic carbocycles. The highest BCUT2D eigenvalue weighted by Gasteiger charge is 2.14. The molecule has 1 aromatic rings. The number of rotatable bonds is 3. The van der Waals surface area contributed by atoms with E-state index in [0.717, 1.165) is 0 Å². The van der Waals surface area contributed by atoms with Gasteiger partial charge in [-0.2, -0.15) is 0 Å². The van der Waals surface area contributed by atoms with E-state index in [9.17, 15) is 9.50 Å². The summed E-state index contributed by atoms with van der Waals surface area (Å²) in [6.45, 7) is 0.398. The van der Waals surface area contributed by atoms with E-state index in [1.165, 1.54) is 6.07 Å². The average Bonchev–Trinajstić information content (AvgIpc) is 2.11. The lowest BCUT2D eigenvalue weighted by Crippen LogP contribution is -2.15. The van der Waals surface area contributed by atoms with Gasteiger partial charge in [0.1, 0.15) is 0 Å². The second kappa shape index (κ2) is 4.72. The van der Waals surface area contributed by atoms with Crippen LogP contribution in [0.25, 0.3) is 0 Å². The van der Waals surface area contributed by atoms with Crippen LogP contribution in [-0.4, -0.2) is 11.7 Å². The second-order valence-electron chi connectivity index (χ2n) is 3.01. The first kappa shape index (κ1) is 11.4. The van der Waals surface area contributed by atoms with Gasteiger partial charge >= 0.3 is 0 Å². The van der Waals surface area contributed by atoms with Crippen molar-refractivity contribution in [1.29, 1.82) is 0 Å². The molecule has 0 aliphatic rings. The summed E-state index contributed by atoms with van der Waals surface area (Å²) in [6, 6.07) is 2.35. The van der Waals surface area contributed by atoms with Crippen molar-refractivity contribution in [1.82, 2.24) is 0 Å². The summed E-state index contributed by atoms with van der Waals surface area (Å²) in [5, 5.41) is 9.40. The summed E-state index contributed by atoms with van der Waals surface area (Å²) in [4.78, 5) is 0. The van der Waals surface area contributed by atoms with Crippen LogP contribution in [0.2, 0.25) is 0 Å². The quantitative estimate of drug-likeness (QED) is 0.776. The molecule has 5 N–H and O–H groups in total. The van der Waals surface area contributed by atoms with Crippen molar-refractivity contribution in [3.8, 4) is 5.75 Å². The number of hydrogen-bond acceptors (Lipinski definition) is 3. The molecule has 78 valence electrons. The smallest absolute Gasteiger partial charge is 0.166 e. The van der Waals surface area contributed by atoms with Gasteiger partial charge in [0.15, 0.2) is 11.6 Å². The highest BCUT2D eigenvalue weighted by Crippen LogP contribution is 2.30. The average molecular weight is 263 g/mol. The van der Waals surface area contributed by atoms with Crippen LogP contribution in [0.4, 0.5) is 4.39 Å². The zero-order valence-electron chi connectivity index (χ0n) is 7.50. The van der Waals surface area contributed by atoms with E-state index in [2.05, 4.69) is 15.9 Å². The lowest BCUT2D eigenvalue weighted by molar-refractivity contribution is 0.418. The fraction of sp³-hybridized carbons (Fsp3) is 0.333. The van der Waals surface area contributed by atoms with E-state index < -0.39 is 17.6 Å². The first-order valence-corrected chi connectivity index (χ1v) is 4.99. The molecular formula is C9H12BrFN2O. The molecule has 5 heteroatoms. The van der Waals surface area contributed by atoms with Crippen LogP contribution in [0.1, 0.15) is 18.0 Å². The fourth-order valence-corrected chi connectivity index (χ4v) is 1.65. The number of phenolic OH excluding ortho intramolecular Hbond substituents is 1. The van der Waals surface area contributed by atoms with Gasteiger partial charge in [-0.1, -0.05) is 15.9 Å². The highest BCUT2D eigenvalue weighted by molar-refractivity contribution is 9.10. The molecule has 3 nitrogen and oxygen atoms in total. The van der Waals surface area contributed by atoms with Gasteiger partial charge in [0.05, 0.1) is 0 Å². The molecule has 0 aliphatic carbocycles. The number of nitrogens with two attached hydrogens (primary N) is 2. The minimum Gasteiger partial charge on any atom is -0.505 e. The monoisotopic (exact) mass is 262 g/mol. The molecule has 0 amide bonds. The van der Waals surface area contributed by atoms with E-state index >= 15 is 0 Å². The molecule has 0 unspecified atom stereocenters. The van der Waals surface area contributed by atoms with Crippen LogP contribution >= 0.6 is 15.9 Å². The largest absolute Gasteiger partial charge is 0.505 e. The standard InChI is InChI=1S/C9H12BrFN2O/c10-5-3-6(8(13)1-2-12)9(14)7(11)4-5/h3-4,8,14H,1-2,12-13H2/t8-/m1/s1. The Bertz CT molecular complexity index is 333. The van der Waals surface area contributed by atoms with Gasteiger partial charge in [-0.05, 0) is 25.1 Å². The van der Waals surface area contributed by atoms with Crippen molar-refractivity contribution in [2.45, 2.75) is 12.5 Å². The minimum absolute atomic E-state index is 0.377. The number of benzene rings is 1. The normalized spacial score (nSPS) is 12.9. The Morgan fingerprint density at radius 2 is 2.14 bits per heavy atom. The van der Waals surface area contributed by atoms with Gasteiger partial charge in [-0.3, -0.25) is 0 Å². The Kier molecular flexibility index (Phi) is 3.86. The Hall–Kier alpha value is -0.650. The molecule has 1 atom stereocenters. The topological polar surface area (TPSA) is 72.3 Å². The summed E-state index contributed by atoms with van der Waals surface area (Å²) in [5.74, 6) is -1.07. The maximum atomic E-state index is 13.1. The van der Waals surface area contributed by atoms with Gasteiger partial charge in [-0.15, -0.1) is 0 Å². The van der Waals surface area contributed by atoms with Crippen molar-refractivity contribution in [3.63, 3.8) is 0 Å². The molecule has 0 spiro atoms. The second-order valence-corrected chi connectivity index (χ2v) is 3.92. The third-order valence-corrected chi connectivity index (χ3v) is 2.39. The van der Waals surface area contributed by atoms with E-state index in [1.807, 2.05) is 0 Å². The SMILES string of the molecule is NCC[C@@H](N)c1cc(Br)cc(F)c1O. The first-order chi connectivity index (χ1) is 6.56. The molecule has 14 heavy (non-hydrogen) atoms. The van der Waals surface area contributed by atoms with Crippen molar-refractivity contribution >= 4 is 15.9 Å². The predicted octanol–water partition coefficient (Wildman–Crippen LogP) is 1.64. The van der Waals surface area contributed by atoms with Gasteiger partial charge < -0.3 is 16.6 Å². The molecule has 0 bridgehead atoms. The highest BCUT2D eigenvalue weighted by atomic mass is 79.9. The molecule has 0 heterocycles. The third-order valence-electron chi connectivity index (χ3n) is 1.93. The molecule has 0 fully saturated rings. The maximum absolute atomic E-state index is 13.1. The van der Waals surface area contributed by atoms with E-state index in [-0.39, 0.29) is 0 Å². The number of aromatic hydroxyl groups is 1. The molecule has 0 aromatic heterocycles. The minimum atomic E-state index is -0.679. The summed E-state index contributed by atoms with van der Waals surface area (Å²) in [7, 11) is 0. The summed E-state index contributed by atoms with van der Waals surface area (Å²) in [6.07, 6.45) is 0.503. The van der Waals surface area contributed by atoms with E-state index in [0.29, 0.717) is 23.0 Å². The van der Waals surface area contributed by atoms with Crippen LogP contribution in [0.3, 0.4) is 0 Å². The summed E-state index contributed by atoms with van der Waals surface area (Å²) in [5.41, 5.74) is 11.4. The van der Waals surface area contributed by atoms with E-state index in [1.54, 1.807) is 6.07 Å². The Balaban J connectivity index is 3.07. The Morgan fingerprint density at radius 3 is 2.71 bits per heavy atom. The Labute approximate surface area is 90.0 Å². The zero-order valence-corrected chi connectivity index (χ0v) is 9.09. The van der Waals surface area contributed by atoms with Crippen LogP contribution in [0.15, 0.2) is 16.6 Å². The number of phenols is 1. The van der Waals surface area contributed by atoms with Gasteiger partial charge in [0.25, 0.3) is 0 Å². The van der Waals surface area contributed by atoms with Crippen molar-refractivity contribution in [3.05, 3.63) is 28.0 Å². The molecule has 0 saturated carbocycles. The van der Waals surface area contributed by atoms with Gasteiger partial charge in [-0.25, -0.2) is 4.39 Å². The molecular weight excluding hydrogens is 251 g/mol.